The number of rotatable bonds is 9. The molecule has 0 unspecified atom stereocenters. The number of nitrogens with one attached hydrogen (secondary N) is 1. The average molecular weight is 514 g/mol. The van der Waals surface area contributed by atoms with E-state index in [1.54, 1.807) is 23.1 Å². The van der Waals surface area contributed by atoms with Crippen molar-refractivity contribution in [3.8, 4) is 5.75 Å². The Balaban J connectivity index is 1.53. The minimum Gasteiger partial charge on any atom is -0.488 e. The first-order chi connectivity index (χ1) is 17.8. The van der Waals surface area contributed by atoms with Crippen molar-refractivity contribution in [3.05, 3.63) is 30.1 Å². The molecule has 1 saturated carbocycles. The zero-order valence-electron chi connectivity index (χ0n) is 22.0. The average Bonchev–Trinajstić information content (AvgIpc) is 3.39. The summed E-state index contributed by atoms with van der Waals surface area (Å²) in [6, 6.07) is 4.77. The Morgan fingerprint density at radius 1 is 1.27 bits per heavy atom. The number of aliphatic hydroxyl groups is 1. The van der Waals surface area contributed by atoms with Gasteiger partial charge in [0.1, 0.15) is 24.7 Å². The molecule has 2 N–H and O–H groups in total. The molecule has 11 nitrogen and oxygen atoms in total. The van der Waals surface area contributed by atoms with Crippen LogP contribution in [0.5, 0.6) is 5.75 Å². The van der Waals surface area contributed by atoms with Crippen molar-refractivity contribution < 1.29 is 19.4 Å². The summed E-state index contributed by atoms with van der Waals surface area (Å²) < 4.78 is 7.81. The van der Waals surface area contributed by atoms with Gasteiger partial charge in [-0.2, -0.15) is 0 Å². The summed E-state index contributed by atoms with van der Waals surface area (Å²) in [5, 5.41) is 23.4. The van der Waals surface area contributed by atoms with Gasteiger partial charge in [0.2, 0.25) is 5.91 Å². The van der Waals surface area contributed by atoms with Crippen LogP contribution in [-0.2, 0) is 11.3 Å². The number of hydrogen-bond donors (Lipinski definition) is 2. The first kappa shape index (κ1) is 27.0. The summed E-state index contributed by atoms with van der Waals surface area (Å²) in [5.74, 6) is 0.732. The predicted molar refractivity (Wildman–Crippen MR) is 138 cm³/mol. The van der Waals surface area contributed by atoms with Crippen molar-refractivity contribution in [2.24, 2.45) is 11.8 Å². The second kappa shape index (κ2) is 12.5. The highest BCUT2D eigenvalue weighted by Gasteiger charge is 2.34. The van der Waals surface area contributed by atoms with E-state index in [9.17, 15) is 14.7 Å². The van der Waals surface area contributed by atoms with E-state index in [1.165, 1.54) is 43.1 Å². The highest BCUT2D eigenvalue weighted by Crippen LogP contribution is 2.31. The molecule has 1 aromatic carbocycles. The molecule has 37 heavy (non-hydrogen) atoms. The van der Waals surface area contributed by atoms with Gasteiger partial charge < -0.3 is 25.0 Å². The van der Waals surface area contributed by atoms with E-state index in [2.05, 4.69) is 39.7 Å². The van der Waals surface area contributed by atoms with Crippen molar-refractivity contribution in [1.82, 2.24) is 30.0 Å². The molecular weight excluding hydrogens is 474 g/mol. The monoisotopic (exact) mass is 513 g/mol. The summed E-state index contributed by atoms with van der Waals surface area (Å²) >= 11 is 0. The second-order valence-corrected chi connectivity index (χ2v) is 10.6. The Bertz CT molecular complexity index is 1040. The summed E-state index contributed by atoms with van der Waals surface area (Å²) in [7, 11) is 2.15. The van der Waals surface area contributed by atoms with Gasteiger partial charge >= 0.3 is 0 Å². The zero-order valence-corrected chi connectivity index (χ0v) is 22.0. The largest absolute Gasteiger partial charge is 0.488 e. The van der Waals surface area contributed by atoms with Gasteiger partial charge in [0, 0.05) is 31.2 Å². The van der Waals surface area contributed by atoms with Gasteiger partial charge in [-0.1, -0.05) is 26.2 Å². The molecule has 0 bridgehead atoms. The fraction of sp³-hybridized carbons (Fsp3) is 0.654. The number of anilines is 1. The zero-order chi connectivity index (χ0) is 26.4. The number of ether oxygens (including phenoxy) is 1. The third-order valence-electron chi connectivity index (χ3n) is 7.43. The Morgan fingerprint density at radius 3 is 2.76 bits per heavy atom. The van der Waals surface area contributed by atoms with Gasteiger partial charge in [-0.3, -0.25) is 9.59 Å². The Morgan fingerprint density at radius 2 is 2.05 bits per heavy atom. The van der Waals surface area contributed by atoms with Gasteiger partial charge in [-0.25, -0.2) is 4.68 Å². The topological polar surface area (TPSA) is 126 Å². The number of amides is 2. The smallest absolute Gasteiger partial charge is 0.258 e. The van der Waals surface area contributed by atoms with Crippen molar-refractivity contribution in [2.75, 3.05) is 38.6 Å². The Kier molecular flexibility index (Phi) is 9.09. The highest BCUT2D eigenvalue weighted by atomic mass is 16.5. The normalized spacial score (nSPS) is 21.6. The lowest BCUT2D eigenvalue weighted by Gasteiger charge is -2.38. The van der Waals surface area contributed by atoms with E-state index >= 15 is 0 Å². The SMILES string of the molecule is C[C@H](CO)N1C[C@H](C)[C@@H](CN(C)CC2CCCCC2)Oc2ccc(NC(=O)Cn3cnnn3)cc2C1=O. The minimum absolute atomic E-state index is 0.0465. The molecule has 1 fully saturated rings. The quantitative estimate of drug-likeness (QED) is 0.522. The van der Waals surface area contributed by atoms with Crippen LogP contribution >= 0.6 is 0 Å². The standard InChI is InChI=1S/C26H39N7O4/c1-18-12-33(19(2)16-34)26(36)22-11-21(28-25(35)15-32-17-27-29-30-32)9-10-23(22)37-24(18)14-31(3)13-20-7-5-4-6-8-20/h9-11,17-20,24,34H,4-8,12-16H2,1-3H3,(H,28,35)/t18-,19+,24+/m0/s1. The number of hydrogen-bond acceptors (Lipinski definition) is 8. The fourth-order valence-electron chi connectivity index (χ4n) is 5.31. The first-order valence-corrected chi connectivity index (χ1v) is 13.3. The van der Waals surface area contributed by atoms with Crippen LogP contribution in [0.4, 0.5) is 5.69 Å². The lowest BCUT2D eigenvalue weighted by molar-refractivity contribution is -0.116. The molecule has 11 heteroatoms. The first-order valence-electron chi connectivity index (χ1n) is 13.3. The Labute approximate surface area is 218 Å². The Hall–Kier alpha value is -3.05. The van der Waals surface area contributed by atoms with Crippen molar-refractivity contribution >= 4 is 17.5 Å². The number of carbonyl (C=O) groups is 2. The molecule has 202 valence electrons. The van der Waals surface area contributed by atoms with Crippen LogP contribution in [-0.4, -0.2) is 92.4 Å². The van der Waals surface area contributed by atoms with Gasteiger partial charge in [-0.15, -0.1) is 5.10 Å². The third-order valence-corrected chi connectivity index (χ3v) is 7.43. The summed E-state index contributed by atoms with van der Waals surface area (Å²) in [6.07, 6.45) is 7.76. The van der Waals surface area contributed by atoms with Crippen molar-refractivity contribution in [1.29, 1.82) is 0 Å². The van der Waals surface area contributed by atoms with Crippen LogP contribution in [0.1, 0.15) is 56.3 Å². The van der Waals surface area contributed by atoms with E-state index < -0.39 is 0 Å². The van der Waals surface area contributed by atoms with Crippen LogP contribution in [0.25, 0.3) is 0 Å². The molecule has 0 radical (unpaired) electrons. The molecule has 2 heterocycles. The molecule has 0 spiro atoms. The molecule has 0 saturated heterocycles. The van der Waals surface area contributed by atoms with E-state index in [-0.39, 0.29) is 43.0 Å². The van der Waals surface area contributed by atoms with Crippen LogP contribution in [0.15, 0.2) is 24.5 Å². The third kappa shape index (κ3) is 7.04. The molecule has 3 atom stereocenters. The molecule has 2 amide bonds. The van der Waals surface area contributed by atoms with Crippen molar-refractivity contribution in [2.45, 2.75) is 64.6 Å². The maximum absolute atomic E-state index is 13.6. The number of tetrazole rings is 1. The molecular formula is C26H39N7O4. The molecule has 2 aliphatic rings. The van der Waals surface area contributed by atoms with E-state index in [0.29, 0.717) is 23.5 Å². The maximum Gasteiger partial charge on any atom is 0.258 e. The van der Waals surface area contributed by atoms with E-state index in [4.69, 9.17) is 4.74 Å². The number of carbonyl (C=O) groups excluding carboxylic acids is 2. The van der Waals surface area contributed by atoms with Crippen LogP contribution in [0.2, 0.25) is 0 Å². The predicted octanol–water partition coefficient (Wildman–Crippen LogP) is 2.04. The lowest BCUT2D eigenvalue weighted by atomic mass is 9.89. The van der Waals surface area contributed by atoms with E-state index in [1.807, 2.05) is 6.92 Å². The lowest BCUT2D eigenvalue weighted by Crippen LogP contribution is -2.50. The summed E-state index contributed by atoms with van der Waals surface area (Å²) in [5.41, 5.74) is 0.845. The fourth-order valence-corrected chi connectivity index (χ4v) is 5.31. The second-order valence-electron chi connectivity index (χ2n) is 10.6. The number of benzene rings is 1. The van der Waals surface area contributed by atoms with Crippen LogP contribution in [0.3, 0.4) is 0 Å². The van der Waals surface area contributed by atoms with Gasteiger partial charge in [-0.05, 0) is 61.4 Å². The number of nitrogens with zero attached hydrogens (tertiary/aromatic N) is 6. The summed E-state index contributed by atoms with van der Waals surface area (Å²) in [6.45, 7) is 6.02. The molecule has 4 rings (SSSR count). The molecule has 1 aromatic heterocycles. The molecule has 2 aromatic rings. The highest BCUT2D eigenvalue weighted by molar-refractivity contribution is 5.99. The maximum atomic E-state index is 13.6. The van der Waals surface area contributed by atoms with Gasteiger partial charge in [0.05, 0.1) is 18.2 Å². The summed E-state index contributed by atoms with van der Waals surface area (Å²) in [4.78, 5) is 30.1. The number of fused-ring (bicyclic) bond motifs is 1. The van der Waals surface area contributed by atoms with Crippen LogP contribution in [0, 0.1) is 11.8 Å². The molecule has 1 aliphatic heterocycles. The van der Waals surface area contributed by atoms with Gasteiger partial charge in [0.15, 0.2) is 0 Å². The number of aliphatic hydroxyl groups excluding tert-OH is 1. The van der Waals surface area contributed by atoms with Crippen molar-refractivity contribution in [3.63, 3.8) is 0 Å². The van der Waals surface area contributed by atoms with Crippen LogP contribution < -0.4 is 10.1 Å². The number of aromatic nitrogens is 4. The number of likely N-dealkylation sites (N-methyl/N-ethyl adjacent to an activating group) is 1. The van der Waals surface area contributed by atoms with Gasteiger partial charge in [0.25, 0.3) is 5.91 Å². The molecule has 1 aliphatic carbocycles. The minimum atomic E-state index is -0.348. The van der Waals surface area contributed by atoms with E-state index in [0.717, 1.165) is 19.0 Å².